The molecule has 2 aliphatic heterocycles. The molecule has 2 aliphatic rings. The summed E-state index contributed by atoms with van der Waals surface area (Å²) in [4.78, 5) is 28.9. The Morgan fingerprint density at radius 2 is 1.02 bits per heavy atom. The van der Waals surface area contributed by atoms with E-state index in [1.54, 1.807) is 46.2 Å². The molecule has 0 saturated carbocycles. The number of amides is 2. The van der Waals surface area contributed by atoms with Crippen molar-refractivity contribution in [3.63, 3.8) is 0 Å². The van der Waals surface area contributed by atoms with E-state index in [1.165, 1.54) is 18.2 Å². The number of ether oxygens (including phenoxy) is 5. The lowest BCUT2D eigenvalue weighted by molar-refractivity contribution is 0.0223. The van der Waals surface area contributed by atoms with E-state index in [1.807, 2.05) is 60.3 Å². The van der Waals surface area contributed by atoms with Crippen LogP contribution in [0.5, 0.6) is 17.2 Å². The fraction of sp³-hybridized carbons (Fsp3) is 0.545. The molecule has 2 N–H and O–H groups in total. The van der Waals surface area contributed by atoms with E-state index in [9.17, 15) is 22.8 Å². The van der Waals surface area contributed by atoms with Crippen LogP contribution in [0.25, 0.3) is 0 Å². The number of hydrogen-bond acceptors (Lipinski definition) is 10. The summed E-state index contributed by atoms with van der Waals surface area (Å²) in [6, 6.07) is 14.1. The van der Waals surface area contributed by atoms with Gasteiger partial charge in [0.2, 0.25) is 0 Å². The lowest BCUT2D eigenvalue weighted by Crippen LogP contribution is -2.50. The van der Waals surface area contributed by atoms with Gasteiger partial charge in [0.1, 0.15) is 52.5 Å². The first kappa shape index (κ1) is 53.2. The van der Waals surface area contributed by atoms with E-state index in [0.29, 0.717) is 71.3 Å². The molecule has 342 valence electrons. The Balaban J connectivity index is 0.000000297. The maximum Gasteiger partial charge on any atom is 0.410 e. The third-order valence-corrected chi connectivity index (χ3v) is 9.33. The normalized spacial score (nSPS) is 13.9. The summed E-state index contributed by atoms with van der Waals surface area (Å²) in [5.41, 5.74) is -0.348. The van der Waals surface area contributed by atoms with E-state index in [4.69, 9.17) is 28.8 Å². The Morgan fingerprint density at radius 3 is 1.39 bits per heavy atom. The van der Waals surface area contributed by atoms with Gasteiger partial charge in [0.05, 0.1) is 34.5 Å². The van der Waals surface area contributed by atoms with Crippen LogP contribution in [-0.4, -0.2) is 117 Å². The number of hydrogen-bond donors (Lipinski definition) is 2. The third-order valence-electron chi connectivity index (χ3n) is 8.05. The maximum absolute atomic E-state index is 14.3. The molecule has 0 unspecified atom stereocenters. The summed E-state index contributed by atoms with van der Waals surface area (Å²) in [6.45, 7) is 21.9. The first-order valence-corrected chi connectivity index (χ1v) is 22.0. The van der Waals surface area contributed by atoms with Gasteiger partial charge >= 0.3 is 12.2 Å². The van der Waals surface area contributed by atoms with Crippen LogP contribution in [0.4, 0.5) is 28.4 Å². The van der Waals surface area contributed by atoms with E-state index < -0.39 is 5.60 Å². The molecule has 0 atom stereocenters. The van der Waals surface area contributed by atoms with E-state index in [2.05, 4.69) is 37.2 Å². The summed E-state index contributed by atoms with van der Waals surface area (Å²) in [5.74, 6) is 0.594. The van der Waals surface area contributed by atoms with Crippen LogP contribution in [0.1, 0.15) is 68.2 Å². The van der Waals surface area contributed by atoms with Crippen LogP contribution in [0, 0.1) is 17.5 Å². The van der Waals surface area contributed by atoms with Crippen LogP contribution in [0.2, 0.25) is 0 Å². The van der Waals surface area contributed by atoms with Crippen LogP contribution in [0.3, 0.4) is 0 Å². The molecule has 0 spiro atoms. The maximum atomic E-state index is 14.3. The van der Waals surface area contributed by atoms with Gasteiger partial charge in [0.15, 0.2) is 0 Å². The molecular formula is C44H63Br2F3N4O8. The van der Waals surface area contributed by atoms with Crippen molar-refractivity contribution < 1.29 is 51.6 Å². The molecule has 2 saturated heterocycles. The summed E-state index contributed by atoms with van der Waals surface area (Å²) in [7, 11) is 0. The summed E-state index contributed by atoms with van der Waals surface area (Å²) < 4.78 is 67.1. The smallest absolute Gasteiger partial charge is 0.410 e. The first-order chi connectivity index (χ1) is 28.8. The number of halogens is 5. The van der Waals surface area contributed by atoms with Gasteiger partial charge in [0, 0.05) is 70.6 Å². The number of carbonyl (C=O) groups is 2. The van der Waals surface area contributed by atoms with E-state index >= 15 is 0 Å². The second kappa shape index (κ2) is 27.2. The Labute approximate surface area is 376 Å². The number of nitrogens with zero attached hydrogens (tertiary/aromatic N) is 3. The van der Waals surface area contributed by atoms with Gasteiger partial charge in [-0.3, -0.25) is 0 Å². The molecule has 61 heavy (non-hydrogen) atoms. The van der Waals surface area contributed by atoms with Crippen molar-refractivity contribution in [3.05, 3.63) is 81.0 Å². The van der Waals surface area contributed by atoms with Gasteiger partial charge in [-0.25, -0.2) is 22.8 Å². The van der Waals surface area contributed by atoms with Gasteiger partial charge in [-0.1, -0.05) is 13.8 Å². The predicted octanol–water partition coefficient (Wildman–Crippen LogP) is 9.83. The number of nitrogens with one attached hydrogen (secondary N) is 1. The number of anilines is 1. The number of aliphatic hydroxyl groups is 1. The predicted molar refractivity (Wildman–Crippen MR) is 239 cm³/mol. The largest absolute Gasteiger partial charge is 0.494 e. The average molecular weight is 993 g/mol. The number of piperazine rings is 2. The second-order valence-corrected chi connectivity index (χ2v) is 17.4. The third kappa shape index (κ3) is 21.6. The van der Waals surface area contributed by atoms with Gasteiger partial charge in [-0.05, 0) is 123 Å². The van der Waals surface area contributed by atoms with Crippen molar-refractivity contribution in [2.24, 2.45) is 0 Å². The van der Waals surface area contributed by atoms with Crippen LogP contribution >= 0.6 is 31.9 Å². The zero-order valence-corrected chi connectivity index (χ0v) is 39.8. The van der Waals surface area contributed by atoms with Crippen molar-refractivity contribution in [2.75, 3.05) is 83.7 Å². The average Bonchev–Trinajstić information content (AvgIpc) is 3.21. The zero-order chi connectivity index (χ0) is 45.6. The fourth-order valence-electron chi connectivity index (χ4n) is 5.20. The van der Waals surface area contributed by atoms with Gasteiger partial charge in [-0.15, -0.1) is 0 Å². The van der Waals surface area contributed by atoms with Gasteiger partial charge < -0.3 is 48.8 Å². The highest BCUT2D eigenvalue weighted by Crippen LogP contribution is 2.26. The molecule has 5 rings (SSSR count). The van der Waals surface area contributed by atoms with Crippen LogP contribution < -0.4 is 24.4 Å². The molecule has 3 aromatic carbocycles. The van der Waals surface area contributed by atoms with E-state index in [-0.39, 0.29) is 48.5 Å². The molecule has 12 nitrogen and oxygen atoms in total. The van der Waals surface area contributed by atoms with Gasteiger partial charge in [0.25, 0.3) is 0 Å². The van der Waals surface area contributed by atoms with Crippen molar-refractivity contribution in [2.45, 2.75) is 79.4 Å². The molecule has 17 heteroatoms. The molecule has 3 aromatic rings. The summed E-state index contributed by atoms with van der Waals surface area (Å²) in [6.07, 6.45) is 1.30. The molecule has 2 amide bonds. The Hall–Kier alpha value is -3.93. The quantitative estimate of drug-likeness (QED) is 0.203. The topological polar surface area (TPSA) is 122 Å². The molecule has 2 heterocycles. The highest BCUT2D eigenvalue weighted by Gasteiger charge is 2.27. The van der Waals surface area contributed by atoms with Crippen molar-refractivity contribution in [1.29, 1.82) is 0 Å². The SMILES string of the molecule is CC(C)(C)OC(=O)N1CCNCC1.CCCOc1ccc(Br)c(F)c1.CCCOc1ccc(N2CCN(C(=O)OC(C)(C)C)CC2)c(F)c1.OCCOc1ccc(Br)c(F)c1. The van der Waals surface area contributed by atoms with Crippen LogP contribution in [-0.2, 0) is 9.47 Å². The van der Waals surface area contributed by atoms with Crippen molar-refractivity contribution in [1.82, 2.24) is 15.1 Å². The Bertz CT molecular complexity index is 1710. The monoisotopic (exact) mass is 990 g/mol. The van der Waals surface area contributed by atoms with E-state index in [0.717, 1.165) is 39.0 Å². The number of aliphatic hydroxyl groups excluding tert-OH is 1. The zero-order valence-electron chi connectivity index (χ0n) is 36.6. The Kier molecular flexibility index (Phi) is 23.7. The standard InChI is InChI=1S/C18H27FN2O3.C9H10BrFO.C9H18N2O2.C8H8BrFO2/c1-5-12-23-14-6-7-16(15(19)13-14)20-8-10-21(11-9-20)17(22)24-18(2,3)4;1-2-5-12-7-3-4-8(10)9(11)6-7;1-9(2,3)13-8(12)11-6-4-10-5-7-11;9-7-2-1-6(5-8(7)10)12-4-3-11/h6-7,13H,5,8-12H2,1-4H3;3-4,6H,2,5H2,1H3;10H,4-7H2,1-3H3;1-2,5,11H,3-4H2. The molecule has 2 fully saturated rings. The fourth-order valence-corrected chi connectivity index (χ4v) is 5.69. The minimum atomic E-state index is -0.505. The minimum Gasteiger partial charge on any atom is -0.494 e. The van der Waals surface area contributed by atoms with Crippen molar-refractivity contribution in [3.8, 4) is 17.2 Å². The first-order valence-electron chi connectivity index (χ1n) is 20.4. The minimum absolute atomic E-state index is 0.0717. The molecular weight excluding hydrogens is 929 g/mol. The summed E-state index contributed by atoms with van der Waals surface area (Å²) >= 11 is 6.08. The molecule has 0 aromatic heterocycles. The highest BCUT2D eigenvalue weighted by atomic mass is 79.9. The summed E-state index contributed by atoms with van der Waals surface area (Å²) in [5, 5.41) is 11.6. The number of benzene rings is 3. The number of carbonyl (C=O) groups excluding carboxylic acids is 2. The van der Waals surface area contributed by atoms with Crippen molar-refractivity contribution >= 4 is 49.7 Å². The Morgan fingerprint density at radius 1 is 0.623 bits per heavy atom. The van der Waals surface area contributed by atoms with Gasteiger partial charge in [-0.2, -0.15) is 0 Å². The number of rotatable bonds is 10. The lowest BCUT2D eigenvalue weighted by atomic mass is 10.2. The molecule has 0 bridgehead atoms. The van der Waals surface area contributed by atoms with Crippen LogP contribution in [0.15, 0.2) is 63.5 Å². The lowest BCUT2D eigenvalue weighted by Gasteiger charge is -2.36. The second-order valence-electron chi connectivity index (χ2n) is 15.7. The highest BCUT2D eigenvalue weighted by molar-refractivity contribution is 9.10. The molecule has 0 aliphatic carbocycles. The molecule has 0 radical (unpaired) electrons.